The molecule has 0 spiro atoms. The van der Waals surface area contributed by atoms with Gasteiger partial charge in [0, 0.05) is 0 Å². The van der Waals surface area contributed by atoms with Gasteiger partial charge in [-0.3, -0.25) is 5.50 Å². The summed E-state index contributed by atoms with van der Waals surface area (Å²) in [6.45, 7) is 1.66. The molecule has 0 aliphatic rings. The second-order valence-electron chi connectivity index (χ2n) is 0.882. The van der Waals surface area contributed by atoms with Crippen molar-refractivity contribution in [2.45, 2.75) is 0 Å². The van der Waals surface area contributed by atoms with Crippen molar-refractivity contribution in [3.8, 4) is 0 Å². The molecule has 5 heavy (non-hydrogen) atoms. The van der Waals surface area contributed by atoms with Crippen molar-refractivity contribution in [3.05, 3.63) is 0 Å². The molecule has 1 unspecified atom stereocenters. The quantitative estimate of drug-likeness (QED) is 0.496. The van der Waals surface area contributed by atoms with Gasteiger partial charge in [0.2, 0.25) is 0 Å². The lowest BCUT2D eigenvalue weighted by molar-refractivity contribution is 1.96. The monoisotopic (exact) mass is 129 g/mol. The normalized spacial score (nSPS) is 21.4. The summed E-state index contributed by atoms with van der Waals surface area (Å²) in [4.78, 5) is 0. The van der Waals surface area contributed by atoms with Crippen molar-refractivity contribution in [2.24, 2.45) is 5.50 Å². The topological polar surface area (TPSA) is 26.0 Å². The fourth-order valence-corrected chi connectivity index (χ4v) is 0. The number of rotatable bonds is 0. The van der Waals surface area contributed by atoms with E-state index in [0.29, 0.717) is 0 Å². The summed E-state index contributed by atoms with van der Waals surface area (Å²) in [6.07, 6.45) is 0. The van der Waals surface area contributed by atoms with Crippen LogP contribution < -0.4 is 5.50 Å². The average molecular weight is 130 g/mol. The lowest BCUT2D eigenvalue weighted by Crippen LogP contribution is -1.78. The van der Waals surface area contributed by atoms with E-state index in [0.717, 1.165) is 0 Å². The van der Waals surface area contributed by atoms with Crippen LogP contribution in [-0.2, 0) is 11.8 Å². The van der Waals surface area contributed by atoms with E-state index >= 15 is 0 Å². The minimum atomic E-state index is -1.83. The van der Waals surface area contributed by atoms with Crippen LogP contribution in [0.5, 0.6) is 0 Å². The van der Waals surface area contributed by atoms with Crippen LogP contribution in [0.2, 0.25) is 0 Å². The molecule has 1 atom stereocenters. The Morgan fingerprint density at radius 3 is 2.00 bits per heavy atom. The summed E-state index contributed by atoms with van der Waals surface area (Å²) < 4.78 is 0. The highest BCUT2D eigenvalue weighted by Gasteiger charge is 1.87. The molecule has 32 valence electrons. The zero-order chi connectivity index (χ0) is 4.50. The van der Waals surface area contributed by atoms with E-state index in [9.17, 15) is 0 Å². The Labute approximate surface area is 41.4 Å². The summed E-state index contributed by atoms with van der Waals surface area (Å²) in [6, 6.07) is 0. The molecule has 0 heterocycles. The fraction of sp³-hybridized carbons (Fsp3) is 1.00. The Kier molecular flexibility index (Phi) is 1.85. The Balaban J connectivity index is 3.47. The highest BCUT2D eigenvalue weighted by atomic mass is 35.7. The first kappa shape index (κ1) is 5.90. The van der Waals surface area contributed by atoms with Crippen molar-refractivity contribution in [1.29, 1.82) is 0 Å². The molecule has 0 aliphatic carbocycles. The van der Waals surface area contributed by atoms with E-state index in [1.54, 1.807) is 6.66 Å². The van der Waals surface area contributed by atoms with Crippen molar-refractivity contribution < 1.29 is 0 Å². The summed E-state index contributed by atoms with van der Waals surface area (Å²) in [5.74, 6) is 0. The summed E-state index contributed by atoms with van der Waals surface area (Å²) in [7, 11) is 0. The first-order valence-corrected chi connectivity index (χ1v) is 5.28. The molecule has 0 radical (unpaired) electrons. The molecule has 0 saturated carbocycles. The summed E-state index contributed by atoms with van der Waals surface area (Å²) >= 11 is 9.71. The molecule has 1 nitrogen and oxygen atoms in total. The van der Waals surface area contributed by atoms with Crippen LogP contribution in [0.25, 0.3) is 0 Å². The number of hydrogen-bond donors (Lipinski definition) is 1. The zero-order valence-corrected chi connectivity index (χ0v) is 5.28. The predicted molar refractivity (Wildman–Crippen MR) is 30.2 cm³/mol. The average Bonchev–Trinajstić information content (AvgIpc) is 0.722. The van der Waals surface area contributed by atoms with Gasteiger partial charge in [-0.25, -0.2) is 0 Å². The Morgan fingerprint density at radius 1 is 2.00 bits per heavy atom. The smallest absolute Gasteiger partial charge is 0.0906 e. The van der Waals surface area contributed by atoms with Gasteiger partial charge in [0.1, 0.15) is 0 Å². The first-order chi connectivity index (χ1) is 2.00. The van der Waals surface area contributed by atoms with E-state index in [1.165, 1.54) is 0 Å². The van der Waals surface area contributed by atoms with Crippen LogP contribution in [0.4, 0.5) is 0 Å². The van der Waals surface area contributed by atoms with Crippen LogP contribution in [0, 0.1) is 0 Å². The van der Waals surface area contributed by atoms with Gasteiger partial charge in [-0.2, -0.15) is 0 Å². The molecule has 4 heteroatoms. The Morgan fingerprint density at radius 2 is 2.00 bits per heavy atom. The van der Waals surface area contributed by atoms with Gasteiger partial charge in [-0.15, -0.1) is 0 Å². The van der Waals surface area contributed by atoms with Crippen molar-refractivity contribution in [3.63, 3.8) is 0 Å². The van der Waals surface area contributed by atoms with Gasteiger partial charge in [-0.05, 0) is 6.66 Å². The minimum absolute atomic E-state index is 1.66. The molecule has 0 saturated heterocycles. The second-order valence-corrected chi connectivity index (χ2v) is 7.63. The maximum absolute atomic E-state index is 5.23. The van der Waals surface area contributed by atoms with Gasteiger partial charge >= 0.3 is 0 Å². The van der Waals surface area contributed by atoms with E-state index in [-0.39, 0.29) is 0 Å². The molecule has 0 amide bonds. The van der Waals surface area contributed by atoms with Crippen molar-refractivity contribution in [1.82, 2.24) is 0 Å². The van der Waals surface area contributed by atoms with E-state index in [1.807, 2.05) is 0 Å². The molecular formula is CH5ClNPS. The highest BCUT2D eigenvalue weighted by molar-refractivity contribution is 8.25. The number of halogens is 1. The zero-order valence-electron chi connectivity index (χ0n) is 2.81. The molecule has 0 aromatic heterocycles. The molecule has 0 aromatic rings. The van der Waals surface area contributed by atoms with Crippen LogP contribution in [-0.4, -0.2) is 6.66 Å². The highest BCUT2D eigenvalue weighted by Crippen LogP contribution is 2.36. The number of nitrogens with two attached hydrogens (primary N) is 1. The third-order valence-electron chi connectivity index (χ3n) is 0. The SMILES string of the molecule is CP(N)(=S)Cl. The summed E-state index contributed by atoms with van der Waals surface area (Å²) in [5.41, 5.74) is 3.21. The Hall–Kier alpha value is 0.900. The van der Waals surface area contributed by atoms with Gasteiger partial charge in [0.25, 0.3) is 0 Å². The molecular weight excluding hydrogens is 125 g/mol. The second kappa shape index (κ2) is 1.57. The fourth-order valence-electron chi connectivity index (χ4n) is 0. The molecule has 0 bridgehead atoms. The first-order valence-electron chi connectivity index (χ1n) is 1.06. The van der Waals surface area contributed by atoms with Crippen molar-refractivity contribution >= 4 is 28.6 Å². The van der Waals surface area contributed by atoms with E-state index in [2.05, 4.69) is 11.8 Å². The standard InChI is InChI=1S/CH5ClNPS/c1-4(2,3)5/h1H3,(H2,3,5). The third kappa shape index (κ3) is 50.9. The van der Waals surface area contributed by atoms with Crippen LogP contribution >= 0.6 is 16.8 Å². The van der Waals surface area contributed by atoms with Crippen LogP contribution in [0.1, 0.15) is 0 Å². The number of hydrogen-bond acceptors (Lipinski definition) is 1. The van der Waals surface area contributed by atoms with Crippen molar-refractivity contribution in [2.75, 3.05) is 6.66 Å². The summed E-state index contributed by atoms with van der Waals surface area (Å²) in [5, 5.41) is 0. The van der Waals surface area contributed by atoms with Gasteiger partial charge in [0.15, 0.2) is 0 Å². The Bertz CT molecular complexity index is 57.8. The van der Waals surface area contributed by atoms with E-state index in [4.69, 9.17) is 16.7 Å². The molecule has 2 N–H and O–H groups in total. The lowest BCUT2D eigenvalue weighted by Gasteiger charge is -1.89. The predicted octanol–water partition coefficient (Wildman–Crippen LogP) is 1.12. The molecule has 0 rings (SSSR count). The van der Waals surface area contributed by atoms with Gasteiger partial charge in [0.05, 0.1) is 5.54 Å². The molecule has 0 aromatic carbocycles. The lowest BCUT2D eigenvalue weighted by atomic mass is 12.0. The van der Waals surface area contributed by atoms with E-state index < -0.39 is 5.54 Å². The largest absolute Gasteiger partial charge is 0.291 e. The van der Waals surface area contributed by atoms with Gasteiger partial charge < -0.3 is 0 Å². The van der Waals surface area contributed by atoms with Crippen LogP contribution in [0.3, 0.4) is 0 Å². The molecule has 0 aliphatic heterocycles. The third-order valence-corrected chi connectivity index (χ3v) is 0. The van der Waals surface area contributed by atoms with Crippen LogP contribution in [0.15, 0.2) is 0 Å². The maximum Gasteiger partial charge on any atom is 0.0906 e. The molecule has 0 fully saturated rings. The minimum Gasteiger partial charge on any atom is -0.291 e. The maximum atomic E-state index is 5.23. The van der Waals surface area contributed by atoms with Gasteiger partial charge in [-0.1, -0.05) is 23.0 Å².